The highest BCUT2D eigenvalue weighted by Gasteiger charge is 2.21. The average Bonchev–Trinajstić information content (AvgIpc) is 3.54. The van der Waals surface area contributed by atoms with Crippen LogP contribution >= 0.6 is 11.3 Å². The van der Waals surface area contributed by atoms with Crippen LogP contribution < -0.4 is 5.32 Å². The lowest BCUT2D eigenvalue weighted by Crippen LogP contribution is -2.33. The second kappa shape index (κ2) is 10.8. The molecule has 0 saturated heterocycles. The third-order valence-electron chi connectivity index (χ3n) is 7.75. The minimum absolute atomic E-state index is 0.227. The van der Waals surface area contributed by atoms with Crippen LogP contribution in [0.2, 0.25) is 0 Å². The molecule has 1 aromatic heterocycles. The molecule has 0 aliphatic carbocycles. The molecular formula is C38H26N4S. The van der Waals surface area contributed by atoms with Gasteiger partial charge in [0.05, 0.1) is 10.2 Å². The molecule has 0 saturated carbocycles. The third-order valence-corrected chi connectivity index (χ3v) is 8.82. The van der Waals surface area contributed by atoms with E-state index < -0.39 is 0 Å². The molecule has 1 aliphatic rings. The summed E-state index contributed by atoms with van der Waals surface area (Å²) in [6, 6.07) is 50.5. The summed E-state index contributed by atoms with van der Waals surface area (Å²) >= 11 is 1.74. The monoisotopic (exact) mass is 570 g/mol. The Morgan fingerprint density at radius 2 is 1.23 bits per heavy atom. The predicted molar refractivity (Wildman–Crippen MR) is 180 cm³/mol. The van der Waals surface area contributed by atoms with Crippen molar-refractivity contribution >= 4 is 44.0 Å². The van der Waals surface area contributed by atoms with Gasteiger partial charge in [0.1, 0.15) is 17.0 Å². The van der Waals surface area contributed by atoms with Crippen molar-refractivity contribution in [3.8, 4) is 21.7 Å². The normalized spacial score (nSPS) is 14.7. The minimum atomic E-state index is -0.227. The van der Waals surface area contributed by atoms with Gasteiger partial charge in [0.2, 0.25) is 0 Å². The number of thiazole rings is 1. The smallest absolute Gasteiger partial charge is 0.159 e. The zero-order valence-corrected chi connectivity index (χ0v) is 24.0. The zero-order valence-electron chi connectivity index (χ0n) is 23.2. The molecule has 43 heavy (non-hydrogen) atoms. The molecule has 0 fully saturated rings. The van der Waals surface area contributed by atoms with E-state index in [0.29, 0.717) is 0 Å². The van der Waals surface area contributed by atoms with Crippen LogP contribution in [0.5, 0.6) is 0 Å². The Morgan fingerprint density at radius 3 is 2.02 bits per heavy atom. The Labute approximate surface area is 253 Å². The fraction of sp³-hybridized carbons (Fsp3) is 0.0263. The van der Waals surface area contributed by atoms with Gasteiger partial charge in [0.15, 0.2) is 5.84 Å². The molecule has 1 unspecified atom stereocenters. The van der Waals surface area contributed by atoms with Crippen LogP contribution in [0, 0.1) is 0 Å². The molecule has 2 heterocycles. The van der Waals surface area contributed by atoms with Crippen LogP contribution in [0.4, 0.5) is 0 Å². The van der Waals surface area contributed by atoms with Gasteiger partial charge in [0.25, 0.3) is 0 Å². The van der Waals surface area contributed by atoms with E-state index in [1.54, 1.807) is 11.3 Å². The van der Waals surface area contributed by atoms with Crippen molar-refractivity contribution in [1.29, 1.82) is 0 Å². The number of benzene rings is 6. The number of aliphatic imine (C=N–C) groups is 2. The molecule has 204 valence electrons. The van der Waals surface area contributed by atoms with Crippen LogP contribution in [0.25, 0.3) is 42.7 Å². The summed E-state index contributed by atoms with van der Waals surface area (Å²) in [5, 5.41) is 6.98. The summed E-state index contributed by atoms with van der Waals surface area (Å²) in [7, 11) is 0. The standard InChI is InChI=1S/C38H26N4S/c1-4-11-25(12-5-1)35-40-36(26-13-6-2-7-14-26)42-37(41-35)31-18-10-17-28(24-31)29-19-21-32-30(23-29)20-22-33-34(32)39-38(43-33)27-15-8-3-9-16-27/h1-24,35H,(H,40,41,42). The number of nitrogens with one attached hydrogen (secondary N) is 1. The summed E-state index contributed by atoms with van der Waals surface area (Å²) < 4.78 is 1.20. The molecule has 0 radical (unpaired) electrons. The summed E-state index contributed by atoms with van der Waals surface area (Å²) in [4.78, 5) is 15.0. The van der Waals surface area contributed by atoms with Gasteiger partial charge < -0.3 is 5.32 Å². The number of fused-ring (bicyclic) bond motifs is 3. The van der Waals surface area contributed by atoms with E-state index in [4.69, 9.17) is 15.0 Å². The first-order valence-electron chi connectivity index (χ1n) is 14.3. The van der Waals surface area contributed by atoms with Crippen LogP contribution in [0.3, 0.4) is 0 Å². The molecule has 7 aromatic rings. The number of rotatable bonds is 5. The highest BCUT2D eigenvalue weighted by molar-refractivity contribution is 7.21. The maximum absolute atomic E-state index is 5.04. The molecular weight excluding hydrogens is 545 g/mol. The number of hydrogen-bond acceptors (Lipinski definition) is 5. The van der Waals surface area contributed by atoms with Crippen molar-refractivity contribution in [2.75, 3.05) is 0 Å². The van der Waals surface area contributed by atoms with Crippen molar-refractivity contribution in [3.63, 3.8) is 0 Å². The lowest BCUT2D eigenvalue weighted by molar-refractivity contribution is 0.674. The largest absolute Gasteiger partial charge is 0.344 e. The van der Waals surface area contributed by atoms with Gasteiger partial charge in [-0.05, 0) is 40.3 Å². The second-order valence-electron chi connectivity index (χ2n) is 10.6. The second-order valence-corrected chi connectivity index (χ2v) is 11.6. The Morgan fingerprint density at radius 1 is 0.558 bits per heavy atom. The van der Waals surface area contributed by atoms with E-state index in [9.17, 15) is 0 Å². The van der Waals surface area contributed by atoms with Crippen molar-refractivity contribution in [1.82, 2.24) is 10.3 Å². The Hall–Kier alpha value is -5.39. The van der Waals surface area contributed by atoms with E-state index >= 15 is 0 Å². The lowest BCUT2D eigenvalue weighted by Gasteiger charge is -2.24. The zero-order chi connectivity index (χ0) is 28.6. The number of aromatic nitrogens is 1. The van der Waals surface area contributed by atoms with E-state index in [2.05, 4.69) is 108 Å². The summed E-state index contributed by atoms with van der Waals surface area (Å²) in [6.45, 7) is 0. The van der Waals surface area contributed by atoms with E-state index in [-0.39, 0.29) is 6.17 Å². The molecule has 4 nitrogen and oxygen atoms in total. The van der Waals surface area contributed by atoms with Gasteiger partial charge in [-0.3, -0.25) is 0 Å². The average molecular weight is 571 g/mol. The maximum Gasteiger partial charge on any atom is 0.159 e. The van der Waals surface area contributed by atoms with Gasteiger partial charge in [-0.15, -0.1) is 11.3 Å². The Balaban J connectivity index is 1.16. The molecule has 1 atom stereocenters. The van der Waals surface area contributed by atoms with Crippen molar-refractivity contribution < 1.29 is 0 Å². The van der Waals surface area contributed by atoms with Crippen molar-refractivity contribution in [3.05, 3.63) is 162 Å². The summed E-state index contributed by atoms with van der Waals surface area (Å²) in [6.07, 6.45) is -0.227. The van der Waals surface area contributed by atoms with Crippen LogP contribution in [-0.2, 0) is 0 Å². The molecule has 0 spiro atoms. The van der Waals surface area contributed by atoms with Gasteiger partial charge in [0, 0.05) is 22.1 Å². The number of amidine groups is 2. The fourth-order valence-corrected chi connectivity index (χ4v) is 6.56. The molecule has 0 amide bonds. The number of hydrogen-bond donors (Lipinski definition) is 1. The van der Waals surface area contributed by atoms with Gasteiger partial charge in [-0.25, -0.2) is 15.0 Å². The topological polar surface area (TPSA) is 49.6 Å². The Bertz CT molecular complexity index is 2150. The van der Waals surface area contributed by atoms with Crippen LogP contribution in [-0.4, -0.2) is 16.7 Å². The molecule has 0 bridgehead atoms. The highest BCUT2D eigenvalue weighted by Crippen LogP contribution is 2.36. The first kappa shape index (κ1) is 25.3. The molecule has 1 aliphatic heterocycles. The molecule has 1 N–H and O–H groups in total. The van der Waals surface area contributed by atoms with E-state index in [1.165, 1.54) is 15.5 Å². The van der Waals surface area contributed by atoms with Crippen LogP contribution in [0.15, 0.2) is 156 Å². The van der Waals surface area contributed by atoms with Crippen LogP contribution in [0.1, 0.15) is 22.9 Å². The van der Waals surface area contributed by atoms with Crippen molar-refractivity contribution in [2.45, 2.75) is 6.17 Å². The van der Waals surface area contributed by atoms with Crippen molar-refractivity contribution in [2.24, 2.45) is 9.98 Å². The molecule has 5 heteroatoms. The van der Waals surface area contributed by atoms with E-state index in [0.717, 1.165) is 55.6 Å². The Kier molecular flexibility index (Phi) is 6.35. The lowest BCUT2D eigenvalue weighted by atomic mass is 9.98. The molecule has 8 rings (SSSR count). The summed E-state index contributed by atoms with van der Waals surface area (Å²) in [5.74, 6) is 1.53. The van der Waals surface area contributed by atoms with Gasteiger partial charge >= 0.3 is 0 Å². The fourth-order valence-electron chi connectivity index (χ4n) is 5.57. The SMILES string of the molecule is c1ccc(C2=NC(c3ccccc3)NC(c3cccc(-c4ccc5c(ccc6sc(-c7ccccc7)nc65)c4)c3)=N2)cc1. The number of nitrogens with zero attached hydrogens (tertiary/aromatic N) is 3. The maximum atomic E-state index is 5.04. The third kappa shape index (κ3) is 4.90. The first-order valence-corrected chi connectivity index (χ1v) is 15.1. The first-order chi connectivity index (χ1) is 21.3. The quantitative estimate of drug-likeness (QED) is 0.224. The van der Waals surface area contributed by atoms with Gasteiger partial charge in [-0.2, -0.15) is 0 Å². The summed E-state index contributed by atoms with van der Waals surface area (Å²) in [5.41, 5.74) is 7.60. The highest BCUT2D eigenvalue weighted by atomic mass is 32.1. The predicted octanol–water partition coefficient (Wildman–Crippen LogP) is 9.28. The molecule has 6 aromatic carbocycles. The van der Waals surface area contributed by atoms with E-state index in [1.807, 2.05) is 42.5 Å². The van der Waals surface area contributed by atoms with Gasteiger partial charge in [-0.1, -0.05) is 127 Å². The minimum Gasteiger partial charge on any atom is -0.344 e.